The van der Waals surface area contributed by atoms with Crippen molar-refractivity contribution in [1.82, 2.24) is 0 Å². The molecule has 1 atom stereocenters. The van der Waals surface area contributed by atoms with E-state index in [9.17, 15) is 0 Å². The van der Waals surface area contributed by atoms with Crippen LogP contribution >= 0.6 is 0 Å². The van der Waals surface area contributed by atoms with Crippen molar-refractivity contribution in [2.45, 2.75) is 58.6 Å². The van der Waals surface area contributed by atoms with E-state index >= 15 is 0 Å². The standard InChI is InChI=1S/C18H30N2O/c1-14-12-16(20-10-6-7-11-20)8-9-17(14)19-15(2)13-18(3,4)21-5/h8-9,12,15,19H,6-7,10-11,13H2,1-5H3. The molecule has 1 aromatic rings. The Labute approximate surface area is 129 Å². The third-order valence-electron chi connectivity index (χ3n) is 4.43. The fourth-order valence-corrected chi connectivity index (χ4v) is 3.12. The van der Waals surface area contributed by atoms with Crippen molar-refractivity contribution in [3.8, 4) is 0 Å². The van der Waals surface area contributed by atoms with Gasteiger partial charge in [0.1, 0.15) is 0 Å². The summed E-state index contributed by atoms with van der Waals surface area (Å²) in [7, 11) is 1.78. The Morgan fingerprint density at radius 2 is 1.95 bits per heavy atom. The number of hydrogen-bond acceptors (Lipinski definition) is 3. The minimum Gasteiger partial charge on any atom is -0.382 e. The second-order valence-electron chi connectivity index (χ2n) is 6.91. The summed E-state index contributed by atoms with van der Waals surface area (Å²) in [5.74, 6) is 0. The lowest BCUT2D eigenvalue weighted by atomic mass is 9.99. The molecule has 118 valence electrons. The number of nitrogens with one attached hydrogen (secondary N) is 1. The van der Waals surface area contributed by atoms with Crippen LogP contribution in [0.1, 0.15) is 45.6 Å². The minimum absolute atomic E-state index is 0.0875. The summed E-state index contributed by atoms with van der Waals surface area (Å²) in [5.41, 5.74) is 3.83. The van der Waals surface area contributed by atoms with E-state index in [1.165, 1.54) is 42.9 Å². The van der Waals surface area contributed by atoms with Crippen molar-refractivity contribution in [2.24, 2.45) is 0 Å². The highest BCUT2D eigenvalue weighted by Crippen LogP contribution is 2.27. The first kappa shape index (κ1) is 16.2. The van der Waals surface area contributed by atoms with Crippen LogP contribution in [0.5, 0.6) is 0 Å². The molecule has 2 rings (SSSR count). The molecule has 3 heteroatoms. The second kappa shape index (κ2) is 6.69. The Balaban J connectivity index is 2.00. The van der Waals surface area contributed by atoms with Crippen molar-refractivity contribution < 1.29 is 4.74 Å². The van der Waals surface area contributed by atoms with Gasteiger partial charge in [0, 0.05) is 37.6 Å². The van der Waals surface area contributed by atoms with Crippen LogP contribution in [0.3, 0.4) is 0 Å². The number of rotatable bonds is 6. The first-order chi connectivity index (χ1) is 9.91. The highest BCUT2D eigenvalue weighted by molar-refractivity contribution is 5.60. The molecule has 1 saturated heterocycles. The van der Waals surface area contributed by atoms with E-state index in [0.29, 0.717) is 6.04 Å². The minimum atomic E-state index is -0.0875. The predicted octanol–water partition coefficient (Wildman–Crippen LogP) is 4.21. The molecule has 0 aromatic heterocycles. The van der Waals surface area contributed by atoms with E-state index in [1.54, 1.807) is 7.11 Å². The third kappa shape index (κ3) is 4.37. The Kier molecular flexibility index (Phi) is 5.15. The molecule has 0 radical (unpaired) electrons. The maximum atomic E-state index is 5.52. The van der Waals surface area contributed by atoms with E-state index in [4.69, 9.17) is 4.74 Å². The summed E-state index contributed by atoms with van der Waals surface area (Å²) in [6.07, 6.45) is 3.63. The van der Waals surface area contributed by atoms with Gasteiger partial charge in [0.25, 0.3) is 0 Å². The lowest BCUT2D eigenvalue weighted by molar-refractivity contribution is 0.0128. The topological polar surface area (TPSA) is 24.5 Å². The van der Waals surface area contributed by atoms with E-state index in [2.05, 4.69) is 56.1 Å². The number of nitrogens with zero attached hydrogens (tertiary/aromatic N) is 1. The second-order valence-corrected chi connectivity index (χ2v) is 6.91. The van der Waals surface area contributed by atoms with Gasteiger partial charge in [0.2, 0.25) is 0 Å². The van der Waals surface area contributed by atoms with E-state index in [-0.39, 0.29) is 5.60 Å². The average Bonchev–Trinajstić information content (AvgIpc) is 2.94. The smallest absolute Gasteiger partial charge is 0.0642 e. The SMILES string of the molecule is COC(C)(C)CC(C)Nc1ccc(N2CCCC2)cc1C. The lowest BCUT2D eigenvalue weighted by Crippen LogP contribution is -2.31. The predicted molar refractivity (Wildman–Crippen MR) is 91.4 cm³/mol. The van der Waals surface area contributed by atoms with Crippen LogP contribution in [0.15, 0.2) is 18.2 Å². The monoisotopic (exact) mass is 290 g/mol. The number of aryl methyl sites for hydroxylation is 1. The van der Waals surface area contributed by atoms with Gasteiger partial charge in [0.15, 0.2) is 0 Å². The molecule has 0 spiro atoms. The van der Waals surface area contributed by atoms with Crippen molar-refractivity contribution >= 4 is 11.4 Å². The average molecular weight is 290 g/mol. The molecule has 0 amide bonds. The van der Waals surface area contributed by atoms with Crippen molar-refractivity contribution in [3.05, 3.63) is 23.8 Å². The summed E-state index contributed by atoms with van der Waals surface area (Å²) < 4.78 is 5.52. The normalized spacial score (nSPS) is 17.1. The molecular weight excluding hydrogens is 260 g/mol. The number of ether oxygens (including phenoxy) is 1. The molecule has 21 heavy (non-hydrogen) atoms. The number of hydrogen-bond donors (Lipinski definition) is 1. The van der Waals surface area contributed by atoms with Crippen LogP contribution in [0, 0.1) is 6.92 Å². The zero-order chi connectivity index (χ0) is 15.5. The summed E-state index contributed by atoms with van der Waals surface area (Å²) in [6, 6.07) is 7.16. The van der Waals surface area contributed by atoms with Gasteiger partial charge in [-0.1, -0.05) is 0 Å². The Hall–Kier alpha value is -1.22. The van der Waals surface area contributed by atoms with Gasteiger partial charge in [-0.25, -0.2) is 0 Å². The van der Waals surface area contributed by atoms with Gasteiger partial charge in [-0.2, -0.15) is 0 Å². The molecule has 1 fully saturated rings. The van der Waals surface area contributed by atoms with Crippen molar-refractivity contribution in [1.29, 1.82) is 0 Å². The quantitative estimate of drug-likeness (QED) is 0.849. The molecule has 3 nitrogen and oxygen atoms in total. The van der Waals surface area contributed by atoms with Crippen LogP contribution in [0.4, 0.5) is 11.4 Å². The number of anilines is 2. The molecule has 0 bridgehead atoms. The molecule has 1 heterocycles. The number of methoxy groups -OCH3 is 1. The largest absolute Gasteiger partial charge is 0.382 e. The van der Waals surface area contributed by atoms with E-state index in [1.807, 2.05) is 0 Å². The summed E-state index contributed by atoms with van der Waals surface area (Å²) in [5, 5.41) is 3.62. The van der Waals surface area contributed by atoms with Gasteiger partial charge in [0.05, 0.1) is 5.60 Å². The van der Waals surface area contributed by atoms with Gasteiger partial charge in [-0.3, -0.25) is 0 Å². The van der Waals surface area contributed by atoms with Crippen molar-refractivity contribution in [2.75, 3.05) is 30.4 Å². The highest BCUT2D eigenvalue weighted by atomic mass is 16.5. The maximum absolute atomic E-state index is 5.52. The van der Waals surface area contributed by atoms with Gasteiger partial charge >= 0.3 is 0 Å². The lowest BCUT2D eigenvalue weighted by Gasteiger charge is -2.28. The molecule has 1 N–H and O–H groups in total. The maximum Gasteiger partial charge on any atom is 0.0642 e. The van der Waals surface area contributed by atoms with Crippen LogP contribution in [-0.2, 0) is 4.74 Å². The summed E-state index contributed by atoms with van der Waals surface area (Å²) in [6.45, 7) is 11.1. The first-order valence-corrected chi connectivity index (χ1v) is 8.08. The van der Waals surface area contributed by atoms with Gasteiger partial charge in [-0.15, -0.1) is 0 Å². The van der Waals surface area contributed by atoms with Gasteiger partial charge in [-0.05, 0) is 70.7 Å². The molecule has 1 aromatic carbocycles. The fourth-order valence-electron chi connectivity index (χ4n) is 3.12. The highest BCUT2D eigenvalue weighted by Gasteiger charge is 2.20. The third-order valence-corrected chi connectivity index (χ3v) is 4.43. The van der Waals surface area contributed by atoms with Crippen LogP contribution in [0.2, 0.25) is 0 Å². The molecule has 1 unspecified atom stereocenters. The van der Waals surface area contributed by atoms with Crippen LogP contribution < -0.4 is 10.2 Å². The first-order valence-electron chi connectivity index (χ1n) is 8.08. The van der Waals surface area contributed by atoms with Crippen LogP contribution in [-0.4, -0.2) is 31.8 Å². The van der Waals surface area contributed by atoms with Crippen LogP contribution in [0.25, 0.3) is 0 Å². The fraction of sp³-hybridized carbons (Fsp3) is 0.667. The Morgan fingerprint density at radius 1 is 1.29 bits per heavy atom. The zero-order valence-electron chi connectivity index (χ0n) is 14.2. The van der Waals surface area contributed by atoms with E-state index in [0.717, 1.165) is 6.42 Å². The van der Waals surface area contributed by atoms with E-state index < -0.39 is 0 Å². The van der Waals surface area contributed by atoms with Crippen molar-refractivity contribution in [3.63, 3.8) is 0 Å². The molecule has 0 saturated carbocycles. The summed E-state index contributed by atoms with van der Waals surface area (Å²) >= 11 is 0. The molecule has 1 aliphatic rings. The van der Waals surface area contributed by atoms with Gasteiger partial charge < -0.3 is 15.0 Å². The Morgan fingerprint density at radius 3 is 2.52 bits per heavy atom. The zero-order valence-corrected chi connectivity index (χ0v) is 14.2. The number of benzene rings is 1. The Bertz CT molecular complexity index is 464. The molecule has 1 aliphatic heterocycles. The molecule has 0 aliphatic carbocycles. The molecular formula is C18H30N2O. The summed E-state index contributed by atoms with van der Waals surface area (Å²) in [4.78, 5) is 2.48.